The quantitative estimate of drug-likeness (QED) is 0.833. The van der Waals surface area contributed by atoms with Gasteiger partial charge in [0, 0.05) is 12.3 Å². The highest BCUT2D eigenvalue weighted by atomic mass is 79.9. The van der Waals surface area contributed by atoms with Gasteiger partial charge in [0.15, 0.2) is 0 Å². The number of rotatable bonds is 4. The van der Waals surface area contributed by atoms with Gasteiger partial charge in [-0.15, -0.1) is 0 Å². The Morgan fingerprint density at radius 1 is 1.20 bits per heavy atom. The predicted molar refractivity (Wildman–Crippen MR) is 79.7 cm³/mol. The van der Waals surface area contributed by atoms with E-state index in [-0.39, 0.29) is 11.4 Å². The van der Waals surface area contributed by atoms with Gasteiger partial charge in [0.05, 0.1) is 21.6 Å². The lowest BCUT2D eigenvalue weighted by Crippen LogP contribution is -1.98. The molecule has 0 aliphatic rings. The number of carboxylic acids is 1. The maximum Gasteiger partial charge on any atom is 0.335 e. The van der Waals surface area contributed by atoms with Crippen LogP contribution in [0.15, 0.2) is 39.4 Å². The van der Waals surface area contributed by atoms with Gasteiger partial charge in [-0.2, -0.15) is 0 Å². The van der Waals surface area contributed by atoms with Crippen LogP contribution in [-0.4, -0.2) is 23.2 Å². The minimum Gasteiger partial charge on any atom is -0.496 e. The molecule has 0 radical (unpaired) electrons. The summed E-state index contributed by atoms with van der Waals surface area (Å²) in [6.45, 7) is 0. The fourth-order valence-corrected chi connectivity index (χ4v) is 2.34. The van der Waals surface area contributed by atoms with Crippen molar-refractivity contribution >= 4 is 37.8 Å². The number of hydrogen-bond donors (Lipinski definition) is 1. The molecule has 20 heavy (non-hydrogen) atoms. The topological polar surface area (TPSA) is 68.7 Å². The zero-order valence-electron chi connectivity index (χ0n) is 10.3. The molecule has 0 unspecified atom stereocenters. The second-order valence-corrected chi connectivity index (χ2v) is 5.42. The Balaban J connectivity index is 2.32. The van der Waals surface area contributed by atoms with Crippen LogP contribution in [0.3, 0.4) is 0 Å². The van der Waals surface area contributed by atoms with E-state index in [0.717, 1.165) is 0 Å². The van der Waals surface area contributed by atoms with E-state index in [9.17, 15) is 4.79 Å². The number of hydrogen-bond acceptors (Lipinski definition) is 4. The number of nitrogens with zero attached hydrogens (tertiary/aromatic N) is 1. The molecule has 7 heteroatoms. The molecule has 0 aliphatic carbocycles. The Hall–Kier alpha value is -1.60. The number of carbonyl (C=O) groups is 1. The molecule has 2 aromatic rings. The van der Waals surface area contributed by atoms with Crippen LogP contribution in [0, 0.1) is 0 Å². The molecular formula is C13H9Br2NO4. The van der Waals surface area contributed by atoms with Crippen LogP contribution in [0.5, 0.6) is 17.4 Å². The van der Waals surface area contributed by atoms with Gasteiger partial charge in [0.1, 0.15) is 11.5 Å². The van der Waals surface area contributed by atoms with Crippen LogP contribution in [0.1, 0.15) is 10.4 Å². The van der Waals surface area contributed by atoms with Gasteiger partial charge in [-0.3, -0.25) is 0 Å². The first-order chi connectivity index (χ1) is 9.51. The van der Waals surface area contributed by atoms with Gasteiger partial charge in [-0.25, -0.2) is 9.78 Å². The van der Waals surface area contributed by atoms with Crippen LogP contribution < -0.4 is 9.47 Å². The number of methoxy groups -OCH3 is 1. The van der Waals surface area contributed by atoms with E-state index in [1.165, 1.54) is 18.3 Å². The van der Waals surface area contributed by atoms with Crippen molar-refractivity contribution < 1.29 is 19.4 Å². The zero-order chi connectivity index (χ0) is 14.7. The van der Waals surface area contributed by atoms with Crippen molar-refractivity contribution in [2.45, 2.75) is 0 Å². The number of aromatic carboxylic acids is 1. The Labute approximate surface area is 131 Å². The third-order valence-electron chi connectivity index (χ3n) is 2.40. The number of benzene rings is 1. The highest BCUT2D eigenvalue weighted by molar-refractivity contribution is 9.11. The van der Waals surface area contributed by atoms with Crippen LogP contribution >= 0.6 is 31.9 Å². The van der Waals surface area contributed by atoms with E-state index in [4.69, 9.17) is 14.6 Å². The van der Waals surface area contributed by atoms with Gasteiger partial charge in [-0.05, 0) is 50.1 Å². The summed E-state index contributed by atoms with van der Waals surface area (Å²) in [7, 11) is 1.56. The standard InChI is InChI=1S/C13H9Br2NO4/c1-19-10-5-9(15)11(6-8(10)14)20-12-4-7(13(17)18)2-3-16-12/h2-6H,1H3,(H,17,18). The Morgan fingerprint density at radius 2 is 1.85 bits per heavy atom. The lowest BCUT2D eigenvalue weighted by atomic mass is 10.3. The first-order valence-corrected chi connectivity index (χ1v) is 7.00. The highest BCUT2D eigenvalue weighted by Crippen LogP contribution is 2.37. The Bertz CT molecular complexity index is 661. The van der Waals surface area contributed by atoms with Crippen LogP contribution in [-0.2, 0) is 0 Å². The number of halogens is 2. The second kappa shape index (κ2) is 6.23. The van der Waals surface area contributed by atoms with Crippen LogP contribution in [0.4, 0.5) is 0 Å². The lowest BCUT2D eigenvalue weighted by Gasteiger charge is -2.10. The summed E-state index contributed by atoms with van der Waals surface area (Å²) in [5, 5.41) is 8.93. The van der Waals surface area contributed by atoms with Gasteiger partial charge in [-0.1, -0.05) is 0 Å². The third kappa shape index (κ3) is 3.29. The molecule has 0 saturated heterocycles. The number of aromatic nitrogens is 1. The molecule has 0 saturated carbocycles. The van der Waals surface area contributed by atoms with E-state index < -0.39 is 5.97 Å². The molecule has 0 spiro atoms. The molecule has 0 bridgehead atoms. The van der Waals surface area contributed by atoms with E-state index >= 15 is 0 Å². The predicted octanol–water partition coefficient (Wildman–Crippen LogP) is 4.11. The number of pyridine rings is 1. The van der Waals surface area contributed by atoms with E-state index in [1.807, 2.05) is 0 Å². The highest BCUT2D eigenvalue weighted by Gasteiger charge is 2.11. The molecule has 1 N–H and O–H groups in total. The normalized spacial score (nSPS) is 10.2. The monoisotopic (exact) mass is 401 g/mol. The third-order valence-corrected chi connectivity index (χ3v) is 3.64. The van der Waals surface area contributed by atoms with Gasteiger partial charge in [0.25, 0.3) is 0 Å². The molecule has 104 valence electrons. The first-order valence-electron chi connectivity index (χ1n) is 5.41. The first kappa shape index (κ1) is 14.8. The smallest absolute Gasteiger partial charge is 0.335 e. The molecule has 5 nitrogen and oxygen atoms in total. The van der Waals surface area contributed by atoms with Crippen molar-refractivity contribution in [3.05, 3.63) is 45.0 Å². The van der Waals surface area contributed by atoms with E-state index in [2.05, 4.69) is 36.8 Å². The summed E-state index contributed by atoms with van der Waals surface area (Å²) in [6, 6.07) is 6.19. The molecule has 1 heterocycles. The van der Waals surface area contributed by atoms with Crippen molar-refractivity contribution in [3.63, 3.8) is 0 Å². The Kier molecular flexibility index (Phi) is 4.61. The second-order valence-electron chi connectivity index (χ2n) is 3.71. The van der Waals surface area contributed by atoms with Gasteiger partial charge >= 0.3 is 5.97 Å². The molecule has 1 aromatic carbocycles. The number of ether oxygens (including phenoxy) is 2. The summed E-state index contributed by atoms with van der Waals surface area (Å²) in [6.07, 6.45) is 1.38. The summed E-state index contributed by atoms with van der Waals surface area (Å²) >= 11 is 6.71. The molecule has 2 rings (SSSR count). The largest absolute Gasteiger partial charge is 0.496 e. The molecule has 0 atom stereocenters. The van der Waals surface area contributed by atoms with Gasteiger partial charge in [0.2, 0.25) is 5.88 Å². The summed E-state index contributed by atoms with van der Waals surface area (Å²) < 4.78 is 12.1. The SMILES string of the molecule is COc1cc(Br)c(Oc2cc(C(=O)O)ccn2)cc1Br. The van der Waals surface area contributed by atoms with Crippen molar-refractivity contribution in [1.82, 2.24) is 4.98 Å². The zero-order valence-corrected chi connectivity index (χ0v) is 13.4. The average Bonchev–Trinajstić information content (AvgIpc) is 2.42. The average molecular weight is 403 g/mol. The summed E-state index contributed by atoms with van der Waals surface area (Å²) in [5.74, 6) is 0.305. The van der Waals surface area contributed by atoms with Crippen molar-refractivity contribution in [2.75, 3.05) is 7.11 Å². The molecule has 0 amide bonds. The van der Waals surface area contributed by atoms with Crippen molar-refractivity contribution in [2.24, 2.45) is 0 Å². The van der Waals surface area contributed by atoms with Crippen LogP contribution in [0.2, 0.25) is 0 Å². The van der Waals surface area contributed by atoms with Crippen molar-refractivity contribution in [3.8, 4) is 17.4 Å². The minimum atomic E-state index is -1.03. The lowest BCUT2D eigenvalue weighted by molar-refractivity contribution is 0.0696. The summed E-state index contributed by atoms with van der Waals surface area (Å²) in [4.78, 5) is 14.9. The Morgan fingerprint density at radius 3 is 2.50 bits per heavy atom. The molecule has 0 aliphatic heterocycles. The fourth-order valence-electron chi connectivity index (χ4n) is 1.46. The van der Waals surface area contributed by atoms with E-state index in [0.29, 0.717) is 20.4 Å². The maximum absolute atomic E-state index is 10.9. The maximum atomic E-state index is 10.9. The van der Waals surface area contributed by atoms with Crippen LogP contribution in [0.25, 0.3) is 0 Å². The van der Waals surface area contributed by atoms with Crippen molar-refractivity contribution in [1.29, 1.82) is 0 Å². The summed E-state index contributed by atoms with van der Waals surface area (Å²) in [5.41, 5.74) is 0.110. The molecule has 1 aromatic heterocycles. The van der Waals surface area contributed by atoms with Gasteiger partial charge < -0.3 is 14.6 Å². The van der Waals surface area contributed by atoms with E-state index in [1.54, 1.807) is 19.2 Å². The molecule has 0 fully saturated rings. The molecular weight excluding hydrogens is 394 g/mol. The number of carboxylic acid groups (broad SMARTS) is 1. The minimum absolute atomic E-state index is 0.110. The fraction of sp³-hybridized carbons (Fsp3) is 0.0769.